The van der Waals surface area contributed by atoms with Gasteiger partial charge in [-0.15, -0.1) is 0 Å². The summed E-state index contributed by atoms with van der Waals surface area (Å²) in [5.74, 6) is 1.40. The van der Waals surface area contributed by atoms with Gasteiger partial charge in [0.25, 0.3) is 0 Å². The number of methoxy groups -OCH3 is 2. The van der Waals surface area contributed by atoms with Crippen molar-refractivity contribution in [3.8, 4) is 11.5 Å². The van der Waals surface area contributed by atoms with Gasteiger partial charge in [-0.05, 0) is 30.7 Å². The third-order valence-electron chi connectivity index (χ3n) is 3.36. The van der Waals surface area contributed by atoms with Crippen molar-refractivity contribution in [3.63, 3.8) is 0 Å². The quantitative estimate of drug-likeness (QED) is 0.906. The van der Waals surface area contributed by atoms with Crippen LogP contribution in [-0.2, 0) is 13.5 Å². The molecule has 2 rings (SSSR count). The topological polar surface area (TPSA) is 62.3 Å². The van der Waals surface area contributed by atoms with E-state index in [0.29, 0.717) is 11.5 Å². The Labute approximate surface area is 119 Å². The molecule has 1 aromatic heterocycles. The Kier molecular flexibility index (Phi) is 4.29. The van der Waals surface area contributed by atoms with Crippen LogP contribution < -0.4 is 15.2 Å². The van der Waals surface area contributed by atoms with E-state index in [9.17, 15) is 0 Å². The zero-order chi connectivity index (χ0) is 14.7. The predicted octanol–water partition coefficient (Wildman–Crippen LogP) is 1.99. The lowest BCUT2D eigenvalue weighted by Gasteiger charge is -2.15. The molecule has 0 aliphatic heterocycles. The number of ether oxygens (including phenoxy) is 2. The van der Waals surface area contributed by atoms with Crippen LogP contribution in [0.25, 0.3) is 0 Å². The lowest BCUT2D eigenvalue weighted by molar-refractivity contribution is 0.354. The van der Waals surface area contributed by atoms with Gasteiger partial charge < -0.3 is 15.2 Å². The number of nitrogens with zero attached hydrogens (tertiary/aromatic N) is 2. The lowest BCUT2D eigenvalue weighted by atomic mass is 10.0. The van der Waals surface area contributed by atoms with Crippen molar-refractivity contribution in [2.24, 2.45) is 12.8 Å². The zero-order valence-corrected chi connectivity index (χ0v) is 12.4. The summed E-state index contributed by atoms with van der Waals surface area (Å²) in [6.45, 7) is 1.98. The van der Waals surface area contributed by atoms with Crippen LogP contribution in [0, 0.1) is 6.92 Å². The van der Waals surface area contributed by atoms with Crippen LogP contribution in [-0.4, -0.2) is 24.0 Å². The van der Waals surface area contributed by atoms with Crippen LogP contribution in [0.2, 0.25) is 0 Å². The molecule has 0 amide bonds. The van der Waals surface area contributed by atoms with Gasteiger partial charge in [-0.2, -0.15) is 5.10 Å². The van der Waals surface area contributed by atoms with Gasteiger partial charge in [-0.25, -0.2) is 0 Å². The number of aryl methyl sites for hydroxylation is 2. The Morgan fingerprint density at radius 3 is 2.45 bits per heavy atom. The average Bonchev–Trinajstić information content (AvgIpc) is 2.75. The zero-order valence-electron chi connectivity index (χ0n) is 12.4. The molecule has 5 nitrogen and oxygen atoms in total. The molecule has 0 bridgehead atoms. The molecule has 1 heterocycles. The van der Waals surface area contributed by atoms with Gasteiger partial charge >= 0.3 is 0 Å². The molecule has 20 heavy (non-hydrogen) atoms. The molecular weight excluding hydrogens is 254 g/mol. The standard InChI is InChI=1S/C15H21N3O2/c1-10-7-12(18(2)17-10)9-13(16)11-5-6-14(19-3)15(8-11)20-4/h5-8,13H,9,16H2,1-4H3. The number of hydrogen-bond donors (Lipinski definition) is 1. The van der Waals surface area contributed by atoms with E-state index < -0.39 is 0 Å². The molecule has 108 valence electrons. The fourth-order valence-electron chi connectivity index (χ4n) is 2.28. The molecule has 2 N–H and O–H groups in total. The van der Waals surface area contributed by atoms with Crippen molar-refractivity contribution in [3.05, 3.63) is 41.2 Å². The Balaban J connectivity index is 2.20. The molecule has 0 spiro atoms. The minimum atomic E-state index is -0.107. The summed E-state index contributed by atoms with van der Waals surface area (Å²) < 4.78 is 12.4. The Bertz CT molecular complexity index is 593. The molecule has 0 aliphatic carbocycles. The molecule has 0 fully saturated rings. The molecule has 1 unspecified atom stereocenters. The van der Waals surface area contributed by atoms with E-state index in [1.165, 1.54) is 0 Å². The fraction of sp³-hybridized carbons (Fsp3) is 0.400. The van der Waals surface area contributed by atoms with Gasteiger partial charge in [0.15, 0.2) is 11.5 Å². The first-order chi connectivity index (χ1) is 9.55. The molecule has 0 aliphatic rings. The van der Waals surface area contributed by atoms with Crippen LogP contribution >= 0.6 is 0 Å². The third kappa shape index (κ3) is 2.93. The minimum absolute atomic E-state index is 0.107. The second kappa shape index (κ2) is 5.96. The van der Waals surface area contributed by atoms with Crippen LogP contribution in [0.1, 0.15) is 23.0 Å². The second-order valence-corrected chi connectivity index (χ2v) is 4.83. The van der Waals surface area contributed by atoms with Crippen molar-refractivity contribution < 1.29 is 9.47 Å². The van der Waals surface area contributed by atoms with Crippen molar-refractivity contribution in [1.82, 2.24) is 9.78 Å². The maximum Gasteiger partial charge on any atom is 0.161 e. The smallest absolute Gasteiger partial charge is 0.161 e. The largest absolute Gasteiger partial charge is 0.493 e. The van der Waals surface area contributed by atoms with E-state index in [2.05, 4.69) is 11.2 Å². The molecule has 0 saturated carbocycles. The van der Waals surface area contributed by atoms with Gasteiger partial charge in [0.1, 0.15) is 0 Å². The predicted molar refractivity (Wildman–Crippen MR) is 78.1 cm³/mol. The average molecular weight is 275 g/mol. The second-order valence-electron chi connectivity index (χ2n) is 4.83. The summed E-state index contributed by atoms with van der Waals surface area (Å²) in [6, 6.07) is 7.72. The van der Waals surface area contributed by atoms with Gasteiger partial charge in [-0.1, -0.05) is 6.07 Å². The number of hydrogen-bond acceptors (Lipinski definition) is 4. The first-order valence-corrected chi connectivity index (χ1v) is 6.52. The highest BCUT2D eigenvalue weighted by molar-refractivity contribution is 5.43. The van der Waals surface area contributed by atoms with Crippen LogP contribution in [0.15, 0.2) is 24.3 Å². The summed E-state index contributed by atoms with van der Waals surface area (Å²) in [4.78, 5) is 0. The van der Waals surface area contributed by atoms with Crippen LogP contribution in [0.3, 0.4) is 0 Å². The summed E-state index contributed by atoms with van der Waals surface area (Å²) >= 11 is 0. The van der Waals surface area contributed by atoms with Crippen molar-refractivity contribution in [2.75, 3.05) is 14.2 Å². The molecule has 2 aromatic rings. The van der Waals surface area contributed by atoms with Crippen LogP contribution in [0.4, 0.5) is 0 Å². The molecular formula is C15H21N3O2. The number of benzene rings is 1. The first-order valence-electron chi connectivity index (χ1n) is 6.52. The highest BCUT2D eigenvalue weighted by atomic mass is 16.5. The Morgan fingerprint density at radius 2 is 1.90 bits per heavy atom. The summed E-state index contributed by atoms with van der Waals surface area (Å²) in [5.41, 5.74) is 9.42. The van der Waals surface area contributed by atoms with Gasteiger partial charge in [0, 0.05) is 25.2 Å². The Hall–Kier alpha value is -2.01. The van der Waals surface area contributed by atoms with E-state index in [1.807, 2.05) is 36.9 Å². The maximum atomic E-state index is 6.28. The van der Waals surface area contributed by atoms with Gasteiger partial charge in [0.05, 0.1) is 19.9 Å². The van der Waals surface area contributed by atoms with Crippen LogP contribution in [0.5, 0.6) is 11.5 Å². The van der Waals surface area contributed by atoms with E-state index in [4.69, 9.17) is 15.2 Å². The van der Waals surface area contributed by atoms with E-state index >= 15 is 0 Å². The van der Waals surface area contributed by atoms with E-state index in [1.54, 1.807) is 14.2 Å². The molecule has 1 atom stereocenters. The molecule has 0 saturated heterocycles. The fourth-order valence-corrected chi connectivity index (χ4v) is 2.28. The molecule has 0 radical (unpaired) electrons. The number of rotatable bonds is 5. The number of aromatic nitrogens is 2. The normalized spacial score (nSPS) is 12.2. The summed E-state index contributed by atoms with van der Waals surface area (Å²) in [6.07, 6.45) is 0.729. The van der Waals surface area contributed by atoms with Gasteiger partial charge in [0.2, 0.25) is 0 Å². The highest BCUT2D eigenvalue weighted by Gasteiger charge is 2.13. The monoisotopic (exact) mass is 275 g/mol. The van der Waals surface area contributed by atoms with Crippen molar-refractivity contribution >= 4 is 0 Å². The number of nitrogens with two attached hydrogens (primary N) is 1. The molecule has 5 heteroatoms. The van der Waals surface area contributed by atoms with E-state index in [0.717, 1.165) is 23.4 Å². The highest BCUT2D eigenvalue weighted by Crippen LogP contribution is 2.30. The third-order valence-corrected chi connectivity index (χ3v) is 3.36. The van der Waals surface area contributed by atoms with Crippen molar-refractivity contribution in [1.29, 1.82) is 0 Å². The lowest BCUT2D eigenvalue weighted by Crippen LogP contribution is -2.15. The SMILES string of the molecule is COc1ccc(C(N)Cc2cc(C)nn2C)cc1OC. The van der Waals surface area contributed by atoms with Gasteiger partial charge in [-0.3, -0.25) is 4.68 Å². The summed E-state index contributed by atoms with van der Waals surface area (Å²) in [5, 5.41) is 4.34. The minimum Gasteiger partial charge on any atom is -0.493 e. The summed E-state index contributed by atoms with van der Waals surface area (Å²) in [7, 11) is 5.18. The Morgan fingerprint density at radius 1 is 1.20 bits per heavy atom. The first kappa shape index (κ1) is 14.4. The van der Waals surface area contributed by atoms with Crippen molar-refractivity contribution in [2.45, 2.75) is 19.4 Å². The maximum absolute atomic E-state index is 6.28. The van der Waals surface area contributed by atoms with E-state index in [-0.39, 0.29) is 6.04 Å². The molecule has 1 aromatic carbocycles.